The molecule has 1 aliphatic heterocycles. The first-order chi connectivity index (χ1) is 15.2. The molecule has 166 valence electrons. The van der Waals surface area contributed by atoms with Gasteiger partial charge in [-0.1, -0.05) is 12.1 Å². The van der Waals surface area contributed by atoms with Crippen LogP contribution in [-0.2, 0) is 11.3 Å². The average molecular weight is 437 g/mol. The maximum atomic E-state index is 14.1. The number of ether oxygens (including phenoxy) is 2. The fraction of sp³-hybridized carbons (Fsp3) is 0.391. The van der Waals surface area contributed by atoms with E-state index in [2.05, 4.69) is 15.9 Å². The Labute approximate surface area is 186 Å². The molecule has 32 heavy (non-hydrogen) atoms. The van der Waals surface area contributed by atoms with E-state index in [1.54, 1.807) is 11.0 Å². The van der Waals surface area contributed by atoms with Crippen molar-refractivity contribution in [2.75, 3.05) is 31.1 Å². The quantitative estimate of drug-likeness (QED) is 0.664. The van der Waals surface area contributed by atoms with Crippen molar-refractivity contribution in [3.05, 3.63) is 58.7 Å². The number of hydrogen-bond acceptors (Lipinski definition) is 6. The summed E-state index contributed by atoms with van der Waals surface area (Å²) >= 11 is 0. The minimum atomic E-state index is -0.557. The topological polar surface area (TPSA) is 83.0 Å². The van der Waals surface area contributed by atoms with Crippen LogP contribution in [0.1, 0.15) is 31.9 Å². The average Bonchev–Trinajstić information content (AvgIpc) is 2.77. The van der Waals surface area contributed by atoms with Crippen LogP contribution in [0.4, 0.5) is 20.7 Å². The number of piperazine rings is 1. The molecule has 0 aliphatic carbocycles. The van der Waals surface area contributed by atoms with Crippen molar-refractivity contribution in [2.24, 2.45) is 0 Å². The lowest BCUT2D eigenvalue weighted by Gasteiger charge is -2.36. The summed E-state index contributed by atoms with van der Waals surface area (Å²) in [5.41, 5.74) is 0.306. The second-order valence-corrected chi connectivity index (χ2v) is 8.29. The van der Waals surface area contributed by atoms with Gasteiger partial charge in [-0.05, 0) is 32.9 Å². The zero-order valence-electron chi connectivity index (χ0n) is 18.3. The minimum Gasteiger partial charge on any atom is -0.473 e. The van der Waals surface area contributed by atoms with Gasteiger partial charge in [0.2, 0.25) is 5.88 Å². The van der Waals surface area contributed by atoms with E-state index in [0.717, 1.165) is 6.07 Å². The molecular weight excluding hydrogens is 413 g/mol. The molecule has 1 fully saturated rings. The largest absolute Gasteiger partial charge is 0.473 e. The Balaban J connectivity index is 1.67. The number of carbonyl (C=O) groups excluding carboxylic acids is 1. The third-order valence-corrected chi connectivity index (χ3v) is 4.71. The normalized spacial score (nSPS) is 13.8. The van der Waals surface area contributed by atoms with Gasteiger partial charge in [-0.15, -0.1) is 0 Å². The van der Waals surface area contributed by atoms with Gasteiger partial charge < -0.3 is 19.3 Å². The van der Waals surface area contributed by atoms with Gasteiger partial charge in [0.05, 0.1) is 18.2 Å². The van der Waals surface area contributed by atoms with Gasteiger partial charge in [-0.2, -0.15) is 10.2 Å². The summed E-state index contributed by atoms with van der Waals surface area (Å²) in [5.74, 6) is 0.211. The van der Waals surface area contributed by atoms with E-state index in [1.165, 1.54) is 18.2 Å². The number of carbonyl (C=O) groups is 1. The fourth-order valence-corrected chi connectivity index (χ4v) is 3.11. The van der Waals surface area contributed by atoms with Crippen molar-refractivity contribution in [1.29, 1.82) is 5.26 Å². The number of nitrogens with zero attached hydrogens (tertiary/aromatic N) is 5. The molecule has 0 saturated carbocycles. The first-order valence-electron chi connectivity index (χ1n) is 10.1. The monoisotopic (exact) mass is 437 g/mol. The van der Waals surface area contributed by atoms with Gasteiger partial charge in [0.25, 0.3) is 0 Å². The highest BCUT2D eigenvalue weighted by Gasteiger charge is 2.26. The lowest BCUT2D eigenvalue weighted by atomic mass is 10.2. The van der Waals surface area contributed by atoms with Crippen molar-refractivity contribution in [2.45, 2.75) is 33.0 Å². The number of amides is 1. The van der Waals surface area contributed by atoms with E-state index in [-0.39, 0.29) is 29.8 Å². The molecule has 0 N–H and O–H groups in total. The van der Waals surface area contributed by atoms with Crippen molar-refractivity contribution in [1.82, 2.24) is 9.88 Å². The Hall–Kier alpha value is -3.85. The molecule has 1 aliphatic rings. The highest BCUT2D eigenvalue weighted by atomic mass is 19.1. The van der Waals surface area contributed by atoms with Gasteiger partial charge >= 0.3 is 6.09 Å². The minimum absolute atomic E-state index is 0.0855. The van der Waals surface area contributed by atoms with E-state index in [0.29, 0.717) is 37.6 Å². The Kier molecular flexibility index (Phi) is 6.79. The number of hydrogen-bond donors (Lipinski definition) is 0. The molecule has 3 rings (SSSR count). The van der Waals surface area contributed by atoms with Gasteiger partial charge in [-0.3, -0.25) is 0 Å². The standard InChI is InChI=1S/C23H24FN5O3/c1-23(2,3)32-22(30)29-9-7-28(8-10-29)20-11-16(14-25)12-21(27-20)31-15-17-5-6-18(26-4)13-19(17)24/h5-6,11-13H,7-10,15H2,1-3H3. The van der Waals surface area contributed by atoms with E-state index in [1.807, 2.05) is 25.7 Å². The molecule has 0 spiro atoms. The zero-order chi connectivity index (χ0) is 23.3. The Morgan fingerprint density at radius 1 is 1.25 bits per heavy atom. The summed E-state index contributed by atoms with van der Waals surface area (Å²) in [4.78, 5) is 23.5. The lowest BCUT2D eigenvalue weighted by molar-refractivity contribution is 0.0240. The van der Waals surface area contributed by atoms with E-state index < -0.39 is 11.4 Å². The molecule has 0 atom stereocenters. The van der Waals surface area contributed by atoms with Crippen LogP contribution in [-0.4, -0.2) is 47.8 Å². The van der Waals surface area contributed by atoms with Crippen LogP contribution >= 0.6 is 0 Å². The fourth-order valence-electron chi connectivity index (χ4n) is 3.11. The molecule has 1 aromatic heterocycles. The highest BCUT2D eigenvalue weighted by molar-refractivity contribution is 5.68. The molecule has 2 heterocycles. The number of anilines is 1. The Morgan fingerprint density at radius 3 is 2.56 bits per heavy atom. The molecule has 0 radical (unpaired) electrons. The maximum absolute atomic E-state index is 14.1. The van der Waals surface area contributed by atoms with Crippen molar-refractivity contribution >= 4 is 17.6 Å². The predicted molar refractivity (Wildman–Crippen MR) is 116 cm³/mol. The first-order valence-corrected chi connectivity index (χ1v) is 10.1. The second-order valence-electron chi connectivity index (χ2n) is 8.29. The highest BCUT2D eigenvalue weighted by Crippen LogP contribution is 2.23. The van der Waals surface area contributed by atoms with Crippen LogP contribution in [0, 0.1) is 23.7 Å². The molecule has 1 saturated heterocycles. The van der Waals surface area contributed by atoms with Crippen LogP contribution in [0.2, 0.25) is 0 Å². The van der Waals surface area contributed by atoms with Gasteiger partial charge in [0, 0.05) is 37.8 Å². The van der Waals surface area contributed by atoms with Crippen LogP contribution in [0.3, 0.4) is 0 Å². The van der Waals surface area contributed by atoms with Gasteiger partial charge in [-0.25, -0.2) is 14.0 Å². The molecule has 0 unspecified atom stereocenters. The molecular formula is C23H24FN5O3. The molecule has 1 aromatic carbocycles. The summed E-state index contributed by atoms with van der Waals surface area (Å²) in [7, 11) is 0. The summed E-state index contributed by atoms with van der Waals surface area (Å²) in [6, 6.07) is 9.40. The summed E-state index contributed by atoms with van der Waals surface area (Å²) in [5, 5.41) is 9.39. The molecule has 9 heteroatoms. The van der Waals surface area contributed by atoms with Crippen molar-refractivity contribution < 1.29 is 18.7 Å². The predicted octanol–water partition coefficient (Wildman–Crippen LogP) is 4.28. The number of aromatic nitrogens is 1. The summed E-state index contributed by atoms with van der Waals surface area (Å²) in [6.07, 6.45) is -0.355. The van der Waals surface area contributed by atoms with Crippen LogP contribution in [0.15, 0.2) is 30.3 Å². The third-order valence-electron chi connectivity index (χ3n) is 4.71. The van der Waals surface area contributed by atoms with Crippen LogP contribution < -0.4 is 9.64 Å². The number of nitriles is 1. The molecule has 2 aromatic rings. The number of halogens is 1. The van der Waals surface area contributed by atoms with Gasteiger partial charge in [0.15, 0.2) is 5.69 Å². The molecule has 0 bridgehead atoms. The third kappa shape index (κ3) is 5.86. The SMILES string of the molecule is [C-]#[N+]c1ccc(COc2cc(C#N)cc(N3CCN(C(=O)OC(C)(C)C)CC3)n2)c(F)c1. The lowest BCUT2D eigenvalue weighted by Crippen LogP contribution is -2.50. The van der Waals surface area contributed by atoms with Crippen molar-refractivity contribution in [3.63, 3.8) is 0 Å². The zero-order valence-corrected chi connectivity index (χ0v) is 18.3. The van der Waals surface area contributed by atoms with E-state index in [9.17, 15) is 14.4 Å². The second kappa shape index (κ2) is 9.52. The smallest absolute Gasteiger partial charge is 0.410 e. The molecule has 1 amide bonds. The Bertz CT molecular complexity index is 1080. The van der Waals surface area contributed by atoms with Crippen molar-refractivity contribution in [3.8, 4) is 11.9 Å². The number of pyridine rings is 1. The van der Waals surface area contributed by atoms with Gasteiger partial charge in [0.1, 0.15) is 23.8 Å². The maximum Gasteiger partial charge on any atom is 0.410 e. The first kappa shape index (κ1) is 22.8. The number of benzene rings is 1. The number of rotatable bonds is 4. The Morgan fingerprint density at radius 2 is 1.97 bits per heavy atom. The van der Waals surface area contributed by atoms with E-state index >= 15 is 0 Å². The van der Waals surface area contributed by atoms with Crippen LogP contribution in [0.25, 0.3) is 4.85 Å². The molecule has 8 nitrogen and oxygen atoms in total. The van der Waals surface area contributed by atoms with Crippen LogP contribution in [0.5, 0.6) is 5.88 Å². The summed E-state index contributed by atoms with van der Waals surface area (Å²) in [6.45, 7) is 14.3. The van der Waals surface area contributed by atoms with E-state index in [4.69, 9.17) is 16.0 Å². The summed E-state index contributed by atoms with van der Waals surface area (Å²) < 4.78 is 25.2.